The van der Waals surface area contributed by atoms with Crippen LogP contribution in [0.25, 0.3) is 11.2 Å². The second-order valence-electron chi connectivity index (χ2n) is 9.11. The van der Waals surface area contributed by atoms with Crippen LogP contribution in [0.5, 0.6) is 0 Å². The first-order chi connectivity index (χ1) is 16.4. The number of nitrogens with two attached hydrogens (primary N) is 1. The Morgan fingerprint density at radius 2 is 1.74 bits per heavy atom. The third-order valence-corrected chi connectivity index (χ3v) is 7.05. The van der Waals surface area contributed by atoms with Crippen molar-refractivity contribution in [2.75, 3.05) is 10.6 Å². The van der Waals surface area contributed by atoms with Crippen molar-refractivity contribution in [3.63, 3.8) is 0 Å². The summed E-state index contributed by atoms with van der Waals surface area (Å²) in [5, 5.41) is 6.17. The fourth-order valence-corrected chi connectivity index (χ4v) is 5.23. The molecule has 2 saturated carbocycles. The second-order valence-corrected chi connectivity index (χ2v) is 9.55. The number of carbonyl (C=O) groups excluding carboxylic acids is 1. The van der Waals surface area contributed by atoms with E-state index < -0.39 is 11.6 Å². The summed E-state index contributed by atoms with van der Waals surface area (Å²) in [5.41, 5.74) is 6.23. The van der Waals surface area contributed by atoms with Crippen molar-refractivity contribution < 1.29 is 13.6 Å². The highest BCUT2D eigenvalue weighted by Gasteiger charge is 2.30. The Labute approximate surface area is 200 Å². The lowest BCUT2D eigenvalue weighted by atomic mass is 9.85. The molecule has 1 aromatic carbocycles. The molecule has 2 fully saturated rings. The number of amides is 1. The first kappa shape index (κ1) is 22.8. The average molecular weight is 490 g/mol. The minimum atomic E-state index is -0.823. The number of fused-ring (bicyclic) bond motifs is 1. The fourth-order valence-electron chi connectivity index (χ4n) is 5.04. The summed E-state index contributed by atoms with van der Waals surface area (Å²) in [5.74, 6) is -1.37. The van der Waals surface area contributed by atoms with Gasteiger partial charge in [-0.1, -0.05) is 24.4 Å². The molecule has 0 spiro atoms. The molecule has 0 saturated heterocycles. The highest BCUT2D eigenvalue weighted by Crippen LogP contribution is 2.38. The van der Waals surface area contributed by atoms with Crippen molar-refractivity contribution in [2.45, 2.75) is 63.5 Å². The van der Waals surface area contributed by atoms with Crippen molar-refractivity contribution in [1.82, 2.24) is 19.5 Å². The SMILES string of the molecule is NC(=O)[C@H]1CC[C@H](n2c(Nc3c(F)cc(Cl)cc3F)nc3cnc(NC4CCCC4)nc32)CC1. The van der Waals surface area contributed by atoms with Gasteiger partial charge in [0.25, 0.3) is 0 Å². The topological polar surface area (TPSA) is 111 Å². The molecule has 0 aliphatic heterocycles. The molecule has 0 unspecified atom stereocenters. The number of primary amides is 1. The summed E-state index contributed by atoms with van der Waals surface area (Å²) in [4.78, 5) is 25.3. The Morgan fingerprint density at radius 1 is 1.06 bits per heavy atom. The van der Waals surface area contributed by atoms with Crippen LogP contribution in [0.15, 0.2) is 18.3 Å². The zero-order valence-corrected chi connectivity index (χ0v) is 19.3. The molecule has 8 nitrogen and oxygen atoms in total. The van der Waals surface area contributed by atoms with Crippen LogP contribution >= 0.6 is 11.6 Å². The van der Waals surface area contributed by atoms with E-state index in [1.165, 1.54) is 12.8 Å². The van der Waals surface area contributed by atoms with Crippen molar-refractivity contribution in [3.05, 3.63) is 35.0 Å². The predicted octanol–water partition coefficient (Wildman–Crippen LogP) is 5.07. The maximum Gasteiger partial charge on any atom is 0.224 e. The second kappa shape index (κ2) is 9.32. The van der Waals surface area contributed by atoms with E-state index in [9.17, 15) is 13.6 Å². The number of carbonyl (C=O) groups is 1. The molecule has 0 atom stereocenters. The number of imidazole rings is 1. The Balaban J connectivity index is 1.54. The van der Waals surface area contributed by atoms with Gasteiger partial charge in [0.1, 0.15) is 11.2 Å². The number of benzene rings is 1. The molecule has 2 aromatic heterocycles. The molecule has 2 aliphatic rings. The summed E-state index contributed by atoms with van der Waals surface area (Å²) in [7, 11) is 0. The number of nitrogens with one attached hydrogen (secondary N) is 2. The van der Waals surface area contributed by atoms with Crippen LogP contribution in [0.2, 0.25) is 5.02 Å². The summed E-state index contributed by atoms with van der Waals surface area (Å²) in [6.07, 6.45) is 8.68. The van der Waals surface area contributed by atoms with E-state index in [0.29, 0.717) is 48.8 Å². The molecule has 2 aliphatic carbocycles. The quantitative estimate of drug-likeness (QED) is 0.445. The molecular formula is C23H26ClF2N7O. The largest absolute Gasteiger partial charge is 0.369 e. The summed E-state index contributed by atoms with van der Waals surface area (Å²) >= 11 is 5.78. The molecule has 3 aromatic rings. The Bertz CT molecular complexity index is 1200. The van der Waals surface area contributed by atoms with Crippen molar-refractivity contribution in [3.8, 4) is 0 Å². The van der Waals surface area contributed by atoms with Gasteiger partial charge in [-0.15, -0.1) is 0 Å². The van der Waals surface area contributed by atoms with Gasteiger partial charge in [-0.25, -0.2) is 18.7 Å². The third-order valence-electron chi connectivity index (χ3n) is 6.83. The fraction of sp³-hybridized carbons (Fsp3) is 0.478. The molecule has 0 bridgehead atoms. The predicted molar refractivity (Wildman–Crippen MR) is 126 cm³/mol. The maximum absolute atomic E-state index is 14.5. The molecule has 5 rings (SSSR count). The van der Waals surface area contributed by atoms with Gasteiger partial charge in [0, 0.05) is 23.0 Å². The van der Waals surface area contributed by atoms with E-state index in [1.54, 1.807) is 6.20 Å². The number of anilines is 3. The number of rotatable bonds is 6. The summed E-state index contributed by atoms with van der Waals surface area (Å²) in [6.45, 7) is 0. The molecule has 34 heavy (non-hydrogen) atoms. The highest BCUT2D eigenvalue weighted by atomic mass is 35.5. The van der Waals surface area contributed by atoms with Gasteiger partial charge >= 0.3 is 0 Å². The van der Waals surface area contributed by atoms with E-state index >= 15 is 0 Å². The minimum Gasteiger partial charge on any atom is -0.369 e. The number of hydrogen-bond donors (Lipinski definition) is 3. The lowest BCUT2D eigenvalue weighted by molar-refractivity contribution is -0.122. The van der Waals surface area contributed by atoms with Crippen LogP contribution in [0.3, 0.4) is 0 Å². The first-order valence-electron chi connectivity index (χ1n) is 11.6. The highest BCUT2D eigenvalue weighted by molar-refractivity contribution is 6.30. The van der Waals surface area contributed by atoms with Crippen molar-refractivity contribution in [2.24, 2.45) is 11.7 Å². The zero-order valence-electron chi connectivity index (χ0n) is 18.5. The summed E-state index contributed by atoms with van der Waals surface area (Å²) < 4.78 is 31.0. The van der Waals surface area contributed by atoms with E-state index in [0.717, 1.165) is 25.0 Å². The summed E-state index contributed by atoms with van der Waals surface area (Å²) in [6, 6.07) is 2.34. The standard InChI is InChI=1S/C23H26ClF2N7O/c24-13-9-16(25)19(17(26)10-13)31-23-30-18-11-28-22(29-14-3-1-2-4-14)32-21(18)33(23)15-7-5-12(6-8-15)20(27)34/h9-12,14-15H,1-8H2,(H2,27,34)(H,30,31)(H,28,29,32)/t12-,15-. The lowest BCUT2D eigenvalue weighted by Crippen LogP contribution is -2.29. The first-order valence-corrected chi connectivity index (χ1v) is 12.0. The van der Waals surface area contributed by atoms with Gasteiger partial charge in [-0.05, 0) is 50.7 Å². The van der Waals surface area contributed by atoms with Gasteiger partial charge in [0.05, 0.1) is 6.20 Å². The molecule has 180 valence electrons. The molecule has 11 heteroatoms. The number of hydrogen-bond acceptors (Lipinski definition) is 6. The van der Waals surface area contributed by atoms with Crippen molar-refractivity contribution >= 4 is 46.3 Å². The molecular weight excluding hydrogens is 464 g/mol. The Hall–Kier alpha value is -3.01. The smallest absolute Gasteiger partial charge is 0.224 e. The van der Waals surface area contributed by atoms with Crippen LogP contribution in [0, 0.1) is 17.6 Å². The van der Waals surface area contributed by atoms with Crippen LogP contribution in [-0.2, 0) is 4.79 Å². The van der Waals surface area contributed by atoms with E-state index in [2.05, 4.69) is 20.6 Å². The number of nitrogens with zero attached hydrogens (tertiary/aromatic N) is 4. The molecule has 0 radical (unpaired) electrons. The maximum atomic E-state index is 14.5. The van der Waals surface area contributed by atoms with E-state index in [-0.39, 0.29) is 34.5 Å². The third kappa shape index (κ3) is 4.51. The van der Waals surface area contributed by atoms with Gasteiger partial charge in [0.2, 0.25) is 17.8 Å². The van der Waals surface area contributed by atoms with Crippen LogP contribution in [0.1, 0.15) is 57.4 Å². The minimum absolute atomic E-state index is 0.0349. The molecule has 2 heterocycles. The molecule has 1 amide bonds. The van der Waals surface area contributed by atoms with E-state index in [4.69, 9.17) is 22.3 Å². The Kier molecular flexibility index (Phi) is 6.24. The van der Waals surface area contributed by atoms with Crippen molar-refractivity contribution in [1.29, 1.82) is 0 Å². The van der Waals surface area contributed by atoms with Gasteiger partial charge in [-0.3, -0.25) is 9.36 Å². The number of aromatic nitrogens is 4. The lowest BCUT2D eigenvalue weighted by Gasteiger charge is -2.29. The number of halogens is 3. The normalized spacial score (nSPS) is 21.1. The Morgan fingerprint density at radius 3 is 2.38 bits per heavy atom. The zero-order chi connectivity index (χ0) is 23.8. The van der Waals surface area contributed by atoms with Gasteiger partial charge in [0.15, 0.2) is 17.3 Å². The van der Waals surface area contributed by atoms with E-state index in [1.807, 2.05) is 4.57 Å². The van der Waals surface area contributed by atoms with Crippen LogP contribution in [-0.4, -0.2) is 31.5 Å². The van der Waals surface area contributed by atoms with Crippen LogP contribution < -0.4 is 16.4 Å². The molecule has 4 N–H and O–H groups in total. The monoisotopic (exact) mass is 489 g/mol. The van der Waals surface area contributed by atoms with Crippen LogP contribution in [0.4, 0.5) is 26.4 Å². The average Bonchev–Trinajstić information content (AvgIpc) is 3.43. The van der Waals surface area contributed by atoms with Gasteiger partial charge < -0.3 is 16.4 Å². The van der Waals surface area contributed by atoms with Gasteiger partial charge in [-0.2, -0.15) is 4.98 Å².